The van der Waals surface area contributed by atoms with Gasteiger partial charge in [0.15, 0.2) is 0 Å². The van der Waals surface area contributed by atoms with Crippen LogP contribution >= 0.6 is 0 Å². The maximum atomic E-state index is 13.2. The molecule has 1 aromatic heterocycles. The Morgan fingerprint density at radius 3 is 2.94 bits per heavy atom. The van der Waals surface area contributed by atoms with Gasteiger partial charge in [0.1, 0.15) is 5.82 Å². The lowest BCUT2D eigenvalue weighted by Crippen LogP contribution is -2.26. The molecule has 0 saturated heterocycles. The minimum absolute atomic E-state index is 0.0950. The Labute approximate surface area is 107 Å². The second-order valence-corrected chi connectivity index (χ2v) is 5.48. The van der Waals surface area contributed by atoms with Crippen LogP contribution in [0.4, 0.5) is 8.78 Å². The molecule has 1 aliphatic rings. The Balaban J connectivity index is 1.65. The summed E-state index contributed by atoms with van der Waals surface area (Å²) < 4.78 is 28.6. The van der Waals surface area contributed by atoms with Gasteiger partial charge in [-0.15, -0.1) is 0 Å². The van der Waals surface area contributed by atoms with Crippen molar-refractivity contribution in [3.05, 3.63) is 18.2 Å². The van der Waals surface area contributed by atoms with Crippen LogP contribution in [0.25, 0.3) is 0 Å². The maximum Gasteiger partial charge on any atom is 0.248 e. The van der Waals surface area contributed by atoms with Crippen molar-refractivity contribution >= 4 is 0 Å². The second-order valence-electron chi connectivity index (χ2n) is 5.48. The van der Waals surface area contributed by atoms with E-state index in [4.69, 9.17) is 0 Å². The van der Waals surface area contributed by atoms with E-state index in [0.717, 1.165) is 38.1 Å². The molecule has 0 amide bonds. The first-order valence-corrected chi connectivity index (χ1v) is 6.92. The summed E-state index contributed by atoms with van der Waals surface area (Å²) in [6, 6.07) is 0. The van der Waals surface area contributed by atoms with Crippen molar-refractivity contribution < 1.29 is 8.78 Å². The van der Waals surface area contributed by atoms with Gasteiger partial charge in [0, 0.05) is 31.8 Å². The molecule has 1 aliphatic carbocycles. The van der Waals surface area contributed by atoms with Gasteiger partial charge in [0.2, 0.25) is 5.92 Å². The number of unbranched alkanes of at least 4 members (excludes halogenated alkanes) is 1. The number of aromatic nitrogens is 2. The van der Waals surface area contributed by atoms with E-state index in [-0.39, 0.29) is 18.8 Å². The van der Waals surface area contributed by atoms with Gasteiger partial charge >= 0.3 is 0 Å². The summed E-state index contributed by atoms with van der Waals surface area (Å²) in [5.74, 6) is -1.14. The molecule has 4 heteroatoms. The third-order valence-corrected chi connectivity index (χ3v) is 3.93. The average Bonchev–Trinajstić information content (AvgIpc) is 2.69. The minimum Gasteiger partial charge on any atom is -0.335 e. The summed E-state index contributed by atoms with van der Waals surface area (Å²) >= 11 is 0. The largest absolute Gasteiger partial charge is 0.335 e. The van der Waals surface area contributed by atoms with Gasteiger partial charge in [-0.3, -0.25) is 0 Å². The molecule has 1 atom stereocenters. The molecule has 0 bridgehead atoms. The number of imidazole rings is 1. The second kappa shape index (κ2) is 5.81. The number of alkyl halides is 2. The summed E-state index contributed by atoms with van der Waals surface area (Å²) in [4.78, 5) is 4.17. The minimum atomic E-state index is -2.40. The molecule has 2 nitrogen and oxygen atoms in total. The lowest BCUT2D eigenvalue weighted by atomic mass is 9.83. The van der Waals surface area contributed by atoms with Crippen molar-refractivity contribution in [1.29, 1.82) is 0 Å². The maximum absolute atomic E-state index is 13.2. The van der Waals surface area contributed by atoms with E-state index >= 15 is 0 Å². The van der Waals surface area contributed by atoms with Gasteiger partial charge in [0.25, 0.3) is 0 Å². The van der Waals surface area contributed by atoms with E-state index in [1.165, 1.54) is 0 Å². The molecule has 1 heterocycles. The molecule has 0 spiro atoms. The smallest absolute Gasteiger partial charge is 0.248 e. The zero-order chi connectivity index (χ0) is 13.0. The molecular formula is C14H22F2N2. The van der Waals surface area contributed by atoms with Gasteiger partial charge < -0.3 is 4.57 Å². The molecule has 0 aliphatic heterocycles. The van der Waals surface area contributed by atoms with Gasteiger partial charge in [-0.05, 0) is 25.7 Å². The van der Waals surface area contributed by atoms with E-state index in [1.807, 2.05) is 13.1 Å². The van der Waals surface area contributed by atoms with Crippen LogP contribution in [0, 0.1) is 12.8 Å². The average molecular weight is 256 g/mol. The SMILES string of the molecule is Cc1nccn1CCCC[C@@H]1CCCC(F)(F)C1. The molecule has 0 aromatic carbocycles. The van der Waals surface area contributed by atoms with Crippen LogP contribution in [-0.4, -0.2) is 15.5 Å². The van der Waals surface area contributed by atoms with Crippen LogP contribution in [0.2, 0.25) is 0 Å². The van der Waals surface area contributed by atoms with Crippen molar-refractivity contribution in [3.8, 4) is 0 Å². The molecule has 1 fully saturated rings. The number of aryl methyl sites for hydroxylation is 2. The van der Waals surface area contributed by atoms with Crippen molar-refractivity contribution in [2.75, 3.05) is 0 Å². The monoisotopic (exact) mass is 256 g/mol. The third-order valence-electron chi connectivity index (χ3n) is 3.93. The van der Waals surface area contributed by atoms with Gasteiger partial charge in [-0.25, -0.2) is 13.8 Å². The first-order valence-electron chi connectivity index (χ1n) is 6.92. The predicted octanol–water partition coefficient (Wildman–Crippen LogP) is 4.19. The zero-order valence-electron chi connectivity index (χ0n) is 11.0. The van der Waals surface area contributed by atoms with Crippen LogP contribution in [0.3, 0.4) is 0 Å². The third kappa shape index (κ3) is 3.79. The lowest BCUT2D eigenvalue weighted by molar-refractivity contribution is -0.0538. The fourth-order valence-corrected chi connectivity index (χ4v) is 2.88. The summed E-state index contributed by atoms with van der Waals surface area (Å²) in [5.41, 5.74) is 0. The number of nitrogens with zero attached hydrogens (tertiary/aromatic N) is 2. The first kappa shape index (κ1) is 13.5. The lowest BCUT2D eigenvalue weighted by Gasteiger charge is -2.28. The van der Waals surface area contributed by atoms with E-state index < -0.39 is 5.92 Å². The van der Waals surface area contributed by atoms with E-state index in [1.54, 1.807) is 6.20 Å². The Morgan fingerprint density at radius 2 is 2.28 bits per heavy atom. The van der Waals surface area contributed by atoms with Gasteiger partial charge in [-0.2, -0.15) is 0 Å². The van der Waals surface area contributed by atoms with Crippen LogP contribution in [0.5, 0.6) is 0 Å². The summed E-state index contributed by atoms with van der Waals surface area (Å²) in [7, 11) is 0. The van der Waals surface area contributed by atoms with Gasteiger partial charge in [0.05, 0.1) is 0 Å². The Hall–Kier alpha value is -0.930. The fraction of sp³-hybridized carbons (Fsp3) is 0.786. The van der Waals surface area contributed by atoms with E-state index in [0.29, 0.717) is 6.42 Å². The Kier molecular flexibility index (Phi) is 4.36. The zero-order valence-corrected chi connectivity index (χ0v) is 11.0. The van der Waals surface area contributed by atoms with Crippen LogP contribution in [-0.2, 0) is 6.54 Å². The van der Waals surface area contributed by atoms with Crippen molar-refractivity contribution in [3.63, 3.8) is 0 Å². The number of hydrogen-bond donors (Lipinski definition) is 0. The quantitative estimate of drug-likeness (QED) is 0.722. The highest BCUT2D eigenvalue weighted by atomic mass is 19.3. The molecule has 18 heavy (non-hydrogen) atoms. The highest BCUT2D eigenvalue weighted by Gasteiger charge is 2.35. The summed E-state index contributed by atoms with van der Waals surface area (Å²) in [5, 5.41) is 0. The van der Waals surface area contributed by atoms with E-state index in [2.05, 4.69) is 9.55 Å². The number of halogens is 2. The van der Waals surface area contributed by atoms with Crippen molar-refractivity contribution in [2.45, 2.75) is 64.3 Å². The normalized spacial score (nSPS) is 23.2. The van der Waals surface area contributed by atoms with Crippen molar-refractivity contribution in [1.82, 2.24) is 9.55 Å². The molecule has 1 saturated carbocycles. The summed E-state index contributed by atoms with van der Waals surface area (Å²) in [6.07, 6.45) is 8.70. The molecule has 1 aromatic rings. The van der Waals surface area contributed by atoms with Crippen LogP contribution in [0.15, 0.2) is 12.4 Å². The fourth-order valence-electron chi connectivity index (χ4n) is 2.88. The van der Waals surface area contributed by atoms with Crippen molar-refractivity contribution in [2.24, 2.45) is 5.92 Å². The molecule has 0 N–H and O–H groups in total. The standard InChI is InChI=1S/C14H22F2N2/c1-12-17-8-10-18(12)9-3-2-5-13-6-4-7-14(15,16)11-13/h8,10,13H,2-7,9,11H2,1H3/t13-/m1/s1. The van der Waals surface area contributed by atoms with Crippen LogP contribution in [0.1, 0.15) is 50.8 Å². The number of hydrogen-bond acceptors (Lipinski definition) is 1. The highest BCUT2D eigenvalue weighted by Crippen LogP contribution is 2.38. The van der Waals surface area contributed by atoms with E-state index in [9.17, 15) is 8.78 Å². The predicted molar refractivity (Wildman–Crippen MR) is 67.7 cm³/mol. The molecule has 0 unspecified atom stereocenters. The first-order chi connectivity index (χ1) is 8.57. The topological polar surface area (TPSA) is 17.8 Å². The van der Waals surface area contributed by atoms with Crippen LogP contribution < -0.4 is 0 Å². The molecule has 102 valence electrons. The molecule has 0 radical (unpaired) electrons. The van der Waals surface area contributed by atoms with Gasteiger partial charge in [-0.1, -0.05) is 19.3 Å². The number of rotatable bonds is 5. The highest BCUT2D eigenvalue weighted by molar-refractivity contribution is 4.88. The Morgan fingerprint density at radius 1 is 1.44 bits per heavy atom. The molecule has 2 rings (SSSR count). The molecular weight excluding hydrogens is 234 g/mol. The Bertz CT molecular complexity index is 374. The summed E-state index contributed by atoms with van der Waals surface area (Å²) in [6.45, 7) is 2.94.